The molecule has 2 fully saturated rings. The average molecular weight is 474 g/mol. The van der Waals surface area contributed by atoms with Crippen LogP contribution >= 0.6 is 0 Å². The van der Waals surface area contributed by atoms with Crippen LogP contribution in [0.2, 0.25) is 0 Å². The van der Waals surface area contributed by atoms with Crippen molar-refractivity contribution in [2.45, 2.75) is 37.8 Å². The molecule has 2 aliphatic rings. The molecule has 0 radical (unpaired) electrons. The SMILES string of the molecule is COC1(c2cc3c(N[C@H](C)c4cccc(C(F)F)c4F)ncnc3n(C)c2=O)CC2(COC2)C1. The van der Waals surface area contributed by atoms with E-state index in [0.717, 1.165) is 6.07 Å². The number of anilines is 1. The van der Waals surface area contributed by atoms with Crippen molar-refractivity contribution in [2.75, 3.05) is 25.6 Å². The van der Waals surface area contributed by atoms with Crippen LogP contribution in [0, 0.1) is 11.2 Å². The van der Waals surface area contributed by atoms with E-state index in [4.69, 9.17) is 9.47 Å². The van der Waals surface area contributed by atoms with Crippen molar-refractivity contribution in [3.63, 3.8) is 0 Å². The molecule has 7 nitrogen and oxygen atoms in total. The minimum atomic E-state index is -2.92. The van der Waals surface area contributed by atoms with Crippen molar-refractivity contribution in [3.8, 4) is 0 Å². The lowest BCUT2D eigenvalue weighted by molar-refractivity contribution is -0.254. The summed E-state index contributed by atoms with van der Waals surface area (Å²) in [7, 11) is 3.22. The van der Waals surface area contributed by atoms with E-state index in [2.05, 4.69) is 15.3 Å². The minimum Gasteiger partial charge on any atom is -0.380 e. The maximum atomic E-state index is 14.7. The highest BCUT2D eigenvalue weighted by atomic mass is 19.3. The largest absolute Gasteiger partial charge is 0.380 e. The number of nitrogens with one attached hydrogen (secondary N) is 1. The molecule has 0 bridgehead atoms. The summed E-state index contributed by atoms with van der Waals surface area (Å²) in [5.41, 5.74) is -0.558. The first-order valence-corrected chi connectivity index (χ1v) is 11.0. The number of rotatable bonds is 6. The summed E-state index contributed by atoms with van der Waals surface area (Å²) in [6.45, 7) is 2.97. The molecule has 1 aliphatic carbocycles. The van der Waals surface area contributed by atoms with Crippen LogP contribution < -0.4 is 10.9 Å². The Kier molecular flexibility index (Phi) is 5.40. The number of hydrogen-bond acceptors (Lipinski definition) is 6. The van der Waals surface area contributed by atoms with E-state index in [-0.39, 0.29) is 16.5 Å². The average Bonchev–Trinajstić information content (AvgIpc) is 2.76. The fourth-order valence-electron chi connectivity index (χ4n) is 5.26. The van der Waals surface area contributed by atoms with E-state index in [1.165, 1.54) is 23.0 Å². The van der Waals surface area contributed by atoms with E-state index in [1.807, 2.05) is 0 Å². The third-order valence-electron chi connectivity index (χ3n) is 7.14. The molecule has 180 valence electrons. The van der Waals surface area contributed by atoms with Gasteiger partial charge in [0.1, 0.15) is 23.6 Å². The lowest BCUT2D eigenvalue weighted by Crippen LogP contribution is -2.61. The van der Waals surface area contributed by atoms with Crippen LogP contribution in [-0.2, 0) is 22.1 Å². The number of benzene rings is 1. The summed E-state index contributed by atoms with van der Waals surface area (Å²) >= 11 is 0. The summed E-state index contributed by atoms with van der Waals surface area (Å²) in [5, 5.41) is 3.67. The van der Waals surface area contributed by atoms with Crippen LogP contribution in [0.25, 0.3) is 11.0 Å². The smallest absolute Gasteiger partial charge is 0.266 e. The van der Waals surface area contributed by atoms with Gasteiger partial charge in [0, 0.05) is 25.1 Å². The first kappa shape index (κ1) is 22.8. The Morgan fingerprint density at radius 1 is 1.21 bits per heavy atom. The Labute approximate surface area is 193 Å². The highest BCUT2D eigenvalue weighted by Crippen LogP contribution is 2.59. The van der Waals surface area contributed by atoms with Crippen LogP contribution in [0.1, 0.15) is 48.9 Å². The zero-order valence-electron chi connectivity index (χ0n) is 19.1. The van der Waals surface area contributed by atoms with Crippen molar-refractivity contribution in [3.05, 3.63) is 63.5 Å². The van der Waals surface area contributed by atoms with Gasteiger partial charge in [-0.3, -0.25) is 9.36 Å². The predicted molar refractivity (Wildman–Crippen MR) is 119 cm³/mol. The molecule has 1 atom stereocenters. The van der Waals surface area contributed by atoms with Crippen molar-refractivity contribution < 1.29 is 22.6 Å². The van der Waals surface area contributed by atoms with Gasteiger partial charge in [-0.1, -0.05) is 18.2 Å². The van der Waals surface area contributed by atoms with E-state index < -0.39 is 29.4 Å². The summed E-state index contributed by atoms with van der Waals surface area (Å²) in [4.78, 5) is 21.8. The van der Waals surface area contributed by atoms with Gasteiger partial charge in [-0.05, 0) is 25.8 Å². The number of ether oxygens (including phenoxy) is 2. The molecule has 1 aliphatic heterocycles. The van der Waals surface area contributed by atoms with Gasteiger partial charge in [0.15, 0.2) is 0 Å². The van der Waals surface area contributed by atoms with Gasteiger partial charge in [0.2, 0.25) is 0 Å². The summed E-state index contributed by atoms with van der Waals surface area (Å²) in [5.74, 6) is -0.590. The number of aryl methyl sites for hydroxylation is 1. The zero-order chi connectivity index (χ0) is 24.3. The number of halogens is 3. The molecule has 1 N–H and O–H groups in total. The number of alkyl halides is 2. The van der Waals surface area contributed by atoms with E-state index >= 15 is 0 Å². The van der Waals surface area contributed by atoms with Gasteiger partial charge in [-0.25, -0.2) is 23.1 Å². The fraction of sp³-hybridized carbons (Fsp3) is 0.458. The topological polar surface area (TPSA) is 78.3 Å². The summed E-state index contributed by atoms with van der Waals surface area (Å²) in [6, 6.07) is 4.98. The van der Waals surface area contributed by atoms with Crippen LogP contribution in [0.5, 0.6) is 0 Å². The van der Waals surface area contributed by atoms with E-state index in [0.29, 0.717) is 48.5 Å². The molecule has 1 saturated carbocycles. The fourth-order valence-corrected chi connectivity index (χ4v) is 5.26. The zero-order valence-corrected chi connectivity index (χ0v) is 19.1. The van der Waals surface area contributed by atoms with Crippen LogP contribution in [0.4, 0.5) is 19.0 Å². The number of fused-ring (bicyclic) bond motifs is 1. The quantitative estimate of drug-likeness (QED) is 0.576. The second-order valence-corrected chi connectivity index (χ2v) is 9.34. The molecular formula is C24H25F3N4O3. The maximum Gasteiger partial charge on any atom is 0.266 e. The van der Waals surface area contributed by atoms with Crippen molar-refractivity contribution >= 4 is 16.9 Å². The van der Waals surface area contributed by atoms with Gasteiger partial charge in [-0.15, -0.1) is 0 Å². The molecular weight excluding hydrogens is 449 g/mol. The summed E-state index contributed by atoms with van der Waals surface area (Å²) in [6.07, 6.45) is -0.259. The molecule has 1 saturated heterocycles. The molecule has 0 amide bonds. The second kappa shape index (κ2) is 8.06. The van der Waals surface area contributed by atoms with Gasteiger partial charge in [0.25, 0.3) is 12.0 Å². The highest BCUT2D eigenvalue weighted by molar-refractivity contribution is 5.87. The Hall–Kier alpha value is -2.98. The summed E-state index contributed by atoms with van der Waals surface area (Å²) < 4.78 is 53.7. The van der Waals surface area contributed by atoms with E-state index in [9.17, 15) is 18.0 Å². The first-order valence-electron chi connectivity index (χ1n) is 11.0. The Morgan fingerprint density at radius 2 is 1.91 bits per heavy atom. The number of hydrogen-bond donors (Lipinski definition) is 1. The van der Waals surface area contributed by atoms with Crippen LogP contribution in [0.15, 0.2) is 35.4 Å². The Balaban J connectivity index is 1.56. The second-order valence-electron chi connectivity index (χ2n) is 9.34. The maximum absolute atomic E-state index is 14.7. The molecule has 10 heteroatoms. The van der Waals surface area contributed by atoms with Crippen molar-refractivity contribution in [1.82, 2.24) is 14.5 Å². The third kappa shape index (κ3) is 3.39. The van der Waals surface area contributed by atoms with Gasteiger partial charge >= 0.3 is 0 Å². The highest BCUT2D eigenvalue weighted by Gasteiger charge is 2.60. The standard InChI is InChI=1S/C24H25F3N4O3/c1-13(14-5-4-6-15(18(14)25)19(26)27)30-20-16-7-17(22(32)31(2)21(16)29-12-28-20)24(33-3)8-23(9-24)10-34-11-23/h4-7,12-13,19H,8-11H2,1-3H3,(H,28,29,30)/t13-/m1/s1. The third-order valence-corrected chi connectivity index (χ3v) is 7.14. The molecule has 3 aromatic rings. The molecule has 34 heavy (non-hydrogen) atoms. The lowest BCUT2D eigenvalue weighted by Gasteiger charge is -2.59. The Morgan fingerprint density at radius 3 is 2.53 bits per heavy atom. The molecule has 3 heterocycles. The number of nitrogens with zero attached hydrogens (tertiary/aromatic N) is 3. The molecule has 5 rings (SSSR count). The lowest BCUT2D eigenvalue weighted by atomic mass is 9.56. The predicted octanol–water partition coefficient (Wildman–Crippen LogP) is 4.23. The number of methoxy groups -OCH3 is 1. The van der Waals surface area contributed by atoms with E-state index in [1.54, 1.807) is 27.1 Å². The molecule has 1 spiro atoms. The first-order chi connectivity index (χ1) is 16.2. The van der Waals surface area contributed by atoms with Gasteiger partial charge in [0.05, 0.1) is 41.4 Å². The normalized spacial score (nSPS) is 19.1. The molecule has 1 aromatic carbocycles. The van der Waals surface area contributed by atoms with Crippen molar-refractivity contribution in [2.24, 2.45) is 12.5 Å². The molecule has 0 unspecified atom stereocenters. The Bertz CT molecular complexity index is 1310. The number of pyridine rings is 1. The van der Waals surface area contributed by atoms with Gasteiger partial charge < -0.3 is 14.8 Å². The van der Waals surface area contributed by atoms with Crippen LogP contribution in [-0.4, -0.2) is 34.9 Å². The van der Waals surface area contributed by atoms with Gasteiger partial charge in [-0.2, -0.15) is 0 Å². The monoisotopic (exact) mass is 474 g/mol. The molecule has 2 aromatic heterocycles. The minimum absolute atomic E-state index is 0.0476. The van der Waals surface area contributed by atoms with Crippen molar-refractivity contribution in [1.29, 1.82) is 0 Å². The van der Waals surface area contributed by atoms with Crippen LogP contribution in [0.3, 0.4) is 0 Å². The number of aromatic nitrogens is 3.